The number of amides is 1. The van der Waals surface area contributed by atoms with E-state index in [2.05, 4.69) is 26.5 Å². The zero-order valence-electron chi connectivity index (χ0n) is 14.5. The molecule has 3 heterocycles. The average molecular weight is 419 g/mol. The molecule has 0 spiro atoms. The van der Waals surface area contributed by atoms with Gasteiger partial charge in [-0.15, -0.1) is 22.7 Å². The molecule has 4 rings (SSSR count). The molecule has 6 nitrogen and oxygen atoms in total. The first-order valence-corrected chi connectivity index (χ1v) is 11.1. The van der Waals surface area contributed by atoms with Crippen LogP contribution in [0, 0.1) is 0 Å². The number of morpholine rings is 1. The number of aromatic nitrogens is 1. The average Bonchev–Trinajstić information content (AvgIpc) is 3.34. The number of ether oxygens (including phenoxy) is 1. The smallest absolute Gasteiger partial charge is 0.250 e. The molecule has 0 saturated carbocycles. The van der Waals surface area contributed by atoms with Gasteiger partial charge in [0, 0.05) is 18.0 Å². The van der Waals surface area contributed by atoms with Crippen molar-refractivity contribution in [1.82, 2.24) is 10.4 Å². The van der Waals surface area contributed by atoms with Crippen LogP contribution >= 0.6 is 34.4 Å². The van der Waals surface area contributed by atoms with Gasteiger partial charge in [0.15, 0.2) is 4.34 Å². The third kappa shape index (κ3) is 4.86. The number of hydrogen-bond acceptors (Lipinski definition) is 8. The Kier molecular flexibility index (Phi) is 6.03. The van der Waals surface area contributed by atoms with Crippen molar-refractivity contribution in [3.63, 3.8) is 0 Å². The number of carbonyl (C=O) groups excluding carboxylic acids is 1. The molecule has 1 saturated heterocycles. The van der Waals surface area contributed by atoms with Crippen LogP contribution in [0.15, 0.2) is 45.8 Å². The van der Waals surface area contributed by atoms with E-state index >= 15 is 0 Å². The molecule has 0 atom stereocenters. The van der Waals surface area contributed by atoms with Crippen molar-refractivity contribution in [2.75, 3.05) is 37.0 Å². The van der Waals surface area contributed by atoms with Gasteiger partial charge in [-0.05, 0) is 24.3 Å². The number of benzene rings is 1. The van der Waals surface area contributed by atoms with Crippen LogP contribution in [-0.4, -0.2) is 49.2 Å². The van der Waals surface area contributed by atoms with Crippen molar-refractivity contribution in [1.29, 1.82) is 0 Å². The summed E-state index contributed by atoms with van der Waals surface area (Å²) in [6.45, 7) is 3.36. The summed E-state index contributed by atoms with van der Waals surface area (Å²) in [6, 6.07) is 12.1. The van der Waals surface area contributed by atoms with E-state index in [0.717, 1.165) is 45.7 Å². The van der Waals surface area contributed by atoms with Crippen LogP contribution in [0.25, 0.3) is 10.2 Å². The third-order valence-electron chi connectivity index (χ3n) is 3.92. The van der Waals surface area contributed by atoms with Crippen molar-refractivity contribution >= 4 is 61.8 Å². The van der Waals surface area contributed by atoms with Crippen LogP contribution in [-0.2, 0) is 9.53 Å². The highest BCUT2D eigenvalue weighted by Gasteiger charge is 2.12. The molecule has 0 aliphatic carbocycles. The van der Waals surface area contributed by atoms with Crippen LogP contribution in [0.3, 0.4) is 0 Å². The minimum Gasteiger partial charge on any atom is -0.378 e. The molecule has 0 radical (unpaired) electrons. The lowest BCUT2D eigenvalue weighted by atomic mass is 10.3. The largest absolute Gasteiger partial charge is 0.378 e. The van der Waals surface area contributed by atoms with Crippen molar-refractivity contribution < 1.29 is 9.53 Å². The molecule has 3 aromatic rings. The predicted molar refractivity (Wildman–Crippen MR) is 113 cm³/mol. The SMILES string of the molecule is O=C(CSc1nc2ccccc2s1)NN=Cc1ccc(N2CCOCC2)s1. The fourth-order valence-corrected chi connectivity index (χ4v) is 5.40. The van der Waals surface area contributed by atoms with E-state index in [1.165, 1.54) is 16.8 Å². The molecule has 1 amide bonds. The predicted octanol–water partition coefficient (Wildman–Crippen LogP) is 3.44. The molecule has 1 fully saturated rings. The number of thioether (sulfide) groups is 1. The summed E-state index contributed by atoms with van der Waals surface area (Å²) in [5, 5.41) is 5.27. The fourth-order valence-electron chi connectivity index (χ4n) is 2.61. The Balaban J connectivity index is 1.25. The maximum absolute atomic E-state index is 12.0. The second-order valence-corrected chi connectivity index (χ2v) is 9.15. The van der Waals surface area contributed by atoms with Gasteiger partial charge in [0.05, 0.1) is 40.4 Å². The van der Waals surface area contributed by atoms with Crippen LogP contribution in [0.4, 0.5) is 5.00 Å². The van der Waals surface area contributed by atoms with Gasteiger partial charge in [0.1, 0.15) is 0 Å². The summed E-state index contributed by atoms with van der Waals surface area (Å²) in [4.78, 5) is 19.8. The number of nitrogens with one attached hydrogen (secondary N) is 1. The van der Waals surface area contributed by atoms with E-state index in [0.29, 0.717) is 5.75 Å². The third-order valence-corrected chi connectivity index (χ3v) is 7.18. The first-order valence-electron chi connectivity index (χ1n) is 8.51. The van der Waals surface area contributed by atoms with E-state index in [1.807, 2.05) is 30.3 Å². The number of para-hydroxylation sites is 1. The van der Waals surface area contributed by atoms with Crippen LogP contribution < -0.4 is 10.3 Å². The Morgan fingerprint density at radius 1 is 1.26 bits per heavy atom. The van der Waals surface area contributed by atoms with Gasteiger partial charge in [0.25, 0.3) is 5.91 Å². The number of hydrogen-bond donors (Lipinski definition) is 1. The number of rotatable bonds is 6. The zero-order chi connectivity index (χ0) is 18.5. The normalized spacial score (nSPS) is 14.9. The summed E-state index contributed by atoms with van der Waals surface area (Å²) in [6.07, 6.45) is 1.69. The molecule has 0 bridgehead atoms. The van der Waals surface area contributed by atoms with E-state index in [4.69, 9.17) is 4.74 Å². The molecule has 1 aliphatic heterocycles. The van der Waals surface area contributed by atoms with Gasteiger partial charge in [0.2, 0.25) is 0 Å². The molecule has 1 N–H and O–H groups in total. The van der Waals surface area contributed by atoms with E-state index < -0.39 is 0 Å². The molecule has 2 aromatic heterocycles. The Morgan fingerprint density at radius 2 is 2.11 bits per heavy atom. The topological polar surface area (TPSA) is 66.8 Å². The van der Waals surface area contributed by atoms with Gasteiger partial charge in [-0.2, -0.15) is 5.10 Å². The first-order chi connectivity index (χ1) is 13.3. The number of fused-ring (bicyclic) bond motifs is 1. The summed E-state index contributed by atoms with van der Waals surface area (Å²) in [5.74, 6) is 0.154. The van der Waals surface area contributed by atoms with Gasteiger partial charge in [-0.1, -0.05) is 23.9 Å². The van der Waals surface area contributed by atoms with Crippen molar-refractivity contribution in [2.45, 2.75) is 4.34 Å². The number of hydrazone groups is 1. The number of carbonyl (C=O) groups is 1. The number of anilines is 1. The standard InChI is InChI=1S/C18H18N4O2S3/c23-16(12-25-18-20-14-3-1-2-4-15(14)27-18)21-19-11-13-5-6-17(26-13)22-7-9-24-10-8-22/h1-6,11H,7-10,12H2,(H,21,23). The minimum atomic E-state index is -0.138. The molecule has 9 heteroatoms. The Morgan fingerprint density at radius 3 is 2.96 bits per heavy atom. The van der Waals surface area contributed by atoms with E-state index in [1.54, 1.807) is 28.9 Å². The van der Waals surface area contributed by atoms with Gasteiger partial charge in [-0.25, -0.2) is 10.4 Å². The maximum Gasteiger partial charge on any atom is 0.250 e. The molecular weight excluding hydrogens is 400 g/mol. The highest BCUT2D eigenvalue weighted by molar-refractivity contribution is 8.01. The van der Waals surface area contributed by atoms with Crippen LogP contribution in [0.5, 0.6) is 0 Å². The number of nitrogens with zero attached hydrogens (tertiary/aromatic N) is 3. The van der Waals surface area contributed by atoms with Crippen molar-refractivity contribution in [3.05, 3.63) is 41.3 Å². The molecule has 140 valence electrons. The van der Waals surface area contributed by atoms with Gasteiger partial charge >= 0.3 is 0 Å². The maximum atomic E-state index is 12.0. The Bertz CT molecular complexity index is 914. The molecule has 0 unspecified atom stereocenters. The minimum absolute atomic E-state index is 0.138. The molecule has 1 aromatic carbocycles. The highest BCUT2D eigenvalue weighted by Crippen LogP contribution is 2.29. The molecule has 27 heavy (non-hydrogen) atoms. The fraction of sp³-hybridized carbons (Fsp3) is 0.278. The lowest BCUT2D eigenvalue weighted by Crippen LogP contribution is -2.35. The second-order valence-electron chi connectivity index (χ2n) is 5.80. The van der Waals surface area contributed by atoms with Crippen molar-refractivity contribution in [2.24, 2.45) is 5.10 Å². The van der Waals surface area contributed by atoms with Crippen LogP contribution in [0.1, 0.15) is 4.88 Å². The summed E-state index contributed by atoms with van der Waals surface area (Å²) in [5.41, 5.74) is 3.55. The highest BCUT2D eigenvalue weighted by atomic mass is 32.2. The van der Waals surface area contributed by atoms with Gasteiger partial charge in [-0.3, -0.25) is 4.79 Å². The second kappa shape index (κ2) is 8.83. The Hall–Kier alpha value is -1.94. The Labute approximate surface area is 169 Å². The monoisotopic (exact) mass is 418 g/mol. The van der Waals surface area contributed by atoms with E-state index in [9.17, 15) is 4.79 Å². The van der Waals surface area contributed by atoms with Crippen LogP contribution in [0.2, 0.25) is 0 Å². The lowest BCUT2D eigenvalue weighted by Gasteiger charge is -2.27. The number of thiophene rings is 1. The molecular formula is C18H18N4O2S3. The zero-order valence-corrected chi connectivity index (χ0v) is 16.9. The number of thiazole rings is 1. The molecule has 1 aliphatic rings. The van der Waals surface area contributed by atoms with Crippen molar-refractivity contribution in [3.8, 4) is 0 Å². The quantitative estimate of drug-likeness (QED) is 0.377. The lowest BCUT2D eigenvalue weighted by molar-refractivity contribution is -0.118. The first kappa shape index (κ1) is 18.4. The summed E-state index contributed by atoms with van der Waals surface area (Å²) >= 11 is 4.69. The van der Waals surface area contributed by atoms with E-state index in [-0.39, 0.29) is 5.91 Å². The summed E-state index contributed by atoms with van der Waals surface area (Å²) < 4.78 is 7.40. The van der Waals surface area contributed by atoms with Gasteiger partial charge < -0.3 is 9.64 Å². The summed E-state index contributed by atoms with van der Waals surface area (Å²) in [7, 11) is 0.